The molecule has 2 aromatic rings. The van der Waals surface area contributed by atoms with Crippen molar-refractivity contribution in [2.75, 3.05) is 21.3 Å². The molecule has 0 unspecified atom stereocenters. The highest BCUT2D eigenvalue weighted by Crippen LogP contribution is 2.26. The van der Waals surface area contributed by atoms with Gasteiger partial charge in [-0.15, -0.1) is 0 Å². The fraction of sp³-hybridized carbons (Fsp3) is 0.294. The molecule has 0 aliphatic carbocycles. The fourth-order valence-corrected chi connectivity index (χ4v) is 2.35. The van der Waals surface area contributed by atoms with Crippen molar-refractivity contribution in [1.29, 1.82) is 0 Å². The summed E-state index contributed by atoms with van der Waals surface area (Å²) in [5.74, 6) is 2.04. The molecule has 2 aromatic carbocycles. The van der Waals surface area contributed by atoms with Gasteiger partial charge in [0.2, 0.25) is 0 Å². The summed E-state index contributed by atoms with van der Waals surface area (Å²) in [6.45, 7) is 0.971. The van der Waals surface area contributed by atoms with E-state index in [-0.39, 0.29) is 5.69 Å². The number of methoxy groups -OCH3 is 3. The summed E-state index contributed by atoms with van der Waals surface area (Å²) >= 11 is 0. The average Bonchev–Trinajstić information content (AvgIpc) is 2.61. The molecule has 0 spiro atoms. The Morgan fingerprint density at radius 2 is 1.62 bits per heavy atom. The van der Waals surface area contributed by atoms with Crippen molar-refractivity contribution in [2.24, 2.45) is 0 Å². The van der Waals surface area contributed by atoms with Crippen LogP contribution in [0.5, 0.6) is 17.2 Å². The van der Waals surface area contributed by atoms with E-state index in [0.717, 1.165) is 16.9 Å². The zero-order chi connectivity index (χ0) is 17.5. The summed E-state index contributed by atoms with van der Waals surface area (Å²) in [6, 6.07) is 10.1. The topological polar surface area (TPSA) is 82.9 Å². The Bertz CT molecular complexity index is 718. The lowest BCUT2D eigenvalue weighted by atomic mass is 10.1. The Morgan fingerprint density at radius 3 is 2.25 bits per heavy atom. The third-order valence-corrected chi connectivity index (χ3v) is 3.60. The van der Waals surface area contributed by atoms with E-state index in [1.807, 2.05) is 18.2 Å². The molecule has 0 saturated carbocycles. The third kappa shape index (κ3) is 4.14. The number of nitro groups is 1. The van der Waals surface area contributed by atoms with E-state index in [1.54, 1.807) is 20.3 Å². The fourth-order valence-electron chi connectivity index (χ4n) is 2.35. The van der Waals surface area contributed by atoms with Gasteiger partial charge in [-0.1, -0.05) is 6.07 Å². The number of hydrogen-bond donors (Lipinski definition) is 1. The summed E-state index contributed by atoms with van der Waals surface area (Å²) in [7, 11) is 4.74. The summed E-state index contributed by atoms with van der Waals surface area (Å²) in [4.78, 5) is 10.5. The highest BCUT2D eigenvalue weighted by molar-refractivity contribution is 5.44. The maximum atomic E-state index is 10.9. The van der Waals surface area contributed by atoms with Crippen molar-refractivity contribution in [2.45, 2.75) is 13.1 Å². The highest BCUT2D eigenvalue weighted by Gasteiger charge is 2.11. The Balaban J connectivity index is 2.09. The molecule has 7 heteroatoms. The van der Waals surface area contributed by atoms with Crippen LogP contribution in [0, 0.1) is 10.1 Å². The standard InChI is InChI=1S/C17H20N2O5/c1-22-15-6-4-12(17(9-15)24-3)10-18-11-13-8-14(19(20)21)5-7-16(13)23-2/h4-9,18H,10-11H2,1-3H3. The van der Waals surface area contributed by atoms with Gasteiger partial charge in [-0.05, 0) is 12.1 Å². The second kappa shape index (κ2) is 8.16. The molecule has 0 bridgehead atoms. The minimum Gasteiger partial charge on any atom is -0.497 e. The van der Waals surface area contributed by atoms with Crippen molar-refractivity contribution >= 4 is 5.69 Å². The molecule has 0 radical (unpaired) electrons. The largest absolute Gasteiger partial charge is 0.497 e. The Hall–Kier alpha value is -2.80. The van der Waals surface area contributed by atoms with Gasteiger partial charge < -0.3 is 19.5 Å². The summed E-state index contributed by atoms with van der Waals surface area (Å²) in [5.41, 5.74) is 1.72. The van der Waals surface area contributed by atoms with Crippen LogP contribution in [-0.4, -0.2) is 26.3 Å². The molecule has 0 aromatic heterocycles. The van der Waals surface area contributed by atoms with Gasteiger partial charge in [-0.25, -0.2) is 0 Å². The van der Waals surface area contributed by atoms with E-state index in [0.29, 0.717) is 24.6 Å². The first-order valence-corrected chi connectivity index (χ1v) is 7.32. The molecule has 1 N–H and O–H groups in total. The average molecular weight is 332 g/mol. The van der Waals surface area contributed by atoms with E-state index in [2.05, 4.69) is 5.32 Å². The molecule has 24 heavy (non-hydrogen) atoms. The van der Waals surface area contributed by atoms with Crippen molar-refractivity contribution in [3.05, 3.63) is 57.6 Å². The Kier molecular flexibility index (Phi) is 5.97. The normalized spacial score (nSPS) is 10.3. The summed E-state index contributed by atoms with van der Waals surface area (Å²) in [6.07, 6.45) is 0. The van der Waals surface area contributed by atoms with Crippen molar-refractivity contribution in [1.82, 2.24) is 5.32 Å². The van der Waals surface area contributed by atoms with E-state index in [9.17, 15) is 10.1 Å². The van der Waals surface area contributed by atoms with Crippen molar-refractivity contribution < 1.29 is 19.1 Å². The predicted octanol–water partition coefficient (Wildman–Crippen LogP) is 2.91. The number of nitro benzene ring substituents is 1. The molecule has 0 saturated heterocycles. The Morgan fingerprint density at radius 1 is 0.917 bits per heavy atom. The zero-order valence-electron chi connectivity index (χ0n) is 13.9. The van der Waals surface area contributed by atoms with Crippen LogP contribution in [0.3, 0.4) is 0 Å². The minimum absolute atomic E-state index is 0.0367. The molecular weight excluding hydrogens is 312 g/mol. The van der Waals surface area contributed by atoms with Crippen molar-refractivity contribution in [3.63, 3.8) is 0 Å². The van der Waals surface area contributed by atoms with Gasteiger partial charge in [0.05, 0.1) is 26.3 Å². The first kappa shape index (κ1) is 17.6. The second-order valence-electron chi connectivity index (χ2n) is 5.03. The molecule has 7 nitrogen and oxygen atoms in total. The maximum Gasteiger partial charge on any atom is 0.270 e. The van der Waals surface area contributed by atoms with E-state index in [4.69, 9.17) is 14.2 Å². The molecule has 0 atom stereocenters. The lowest BCUT2D eigenvalue weighted by molar-refractivity contribution is -0.384. The lowest BCUT2D eigenvalue weighted by Gasteiger charge is -2.12. The quantitative estimate of drug-likeness (QED) is 0.591. The number of benzene rings is 2. The third-order valence-electron chi connectivity index (χ3n) is 3.60. The molecule has 128 valence electrons. The van der Waals surface area contributed by atoms with Gasteiger partial charge in [-0.2, -0.15) is 0 Å². The first-order valence-electron chi connectivity index (χ1n) is 7.32. The number of non-ortho nitro benzene ring substituents is 1. The number of nitrogens with one attached hydrogen (secondary N) is 1. The van der Waals surface area contributed by atoms with E-state index >= 15 is 0 Å². The lowest BCUT2D eigenvalue weighted by Crippen LogP contribution is -2.14. The SMILES string of the molecule is COc1ccc(CNCc2cc([N+](=O)[O-])ccc2OC)c(OC)c1. The number of hydrogen-bond acceptors (Lipinski definition) is 6. The zero-order valence-corrected chi connectivity index (χ0v) is 13.9. The number of ether oxygens (including phenoxy) is 3. The number of nitrogens with zero attached hydrogens (tertiary/aromatic N) is 1. The maximum absolute atomic E-state index is 10.9. The smallest absolute Gasteiger partial charge is 0.270 e. The molecular formula is C17H20N2O5. The van der Waals surface area contributed by atoms with Crippen molar-refractivity contribution in [3.8, 4) is 17.2 Å². The van der Waals surface area contributed by atoms with Crippen LogP contribution >= 0.6 is 0 Å². The Labute approximate surface area is 140 Å². The number of rotatable bonds is 8. The van der Waals surface area contributed by atoms with Crippen LogP contribution in [0.15, 0.2) is 36.4 Å². The minimum atomic E-state index is -0.421. The highest BCUT2D eigenvalue weighted by atomic mass is 16.6. The van der Waals surface area contributed by atoms with Gasteiger partial charge in [0.25, 0.3) is 5.69 Å². The van der Waals surface area contributed by atoms with E-state index in [1.165, 1.54) is 19.2 Å². The van der Waals surface area contributed by atoms with Crippen LogP contribution in [0.1, 0.15) is 11.1 Å². The second-order valence-corrected chi connectivity index (χ2v) is 5.03. The summed E-state index contributed by atoms with van der Waals surface area (Å²) in [5, 5.41) is 14.2. The van der Waals surface area contributed by atoms with Gasteiger partial charge in [0.15, 0.2) is 0 Å². The molecule has 0 heterocycles. The van der Waals surface area contributed by atoms with Gasteiger partial charge in [-0.3, -0.25) is 10.1 Å². The van der Waals surface area contributed by atoms with E-state index < -0.39 is 4.92 Å². The van der Waals surface area contributed by atoms with Crippen LogP contribution < -0.4 is 19.5 Å². The summed E-state index contributed by atoms with van der Waals surface area (Å²) < 4.78 is 15.8. The van der Waals surface area contributed by atoms with Crippen LogP contribution in [0.4, 0.5) is 5.69 Å². The van der Waals surface area contributed by atoms with Crippen LogP contribution in [-0.2, 0) is 13.1 Å². The molecule has 2 rings (SSSR count). The predicted molar refractivity (Wildman–Crippen MR) is 89.7 cm³/mol. The van der Waals surface area contributed by atoms with Gasteiger partial charge >= 0.3 is 0 Å². The molecule has 0 aliphatic rings. The van der Waals surface area contributed by atoms with Gasteiger partial charge in [0, 0.05) is 42.4 Å². The first-order chi connectivity index (χ1) is 11.6. The monoisotopic (exact) mass is 332 g/mol. The molecule has 0 amide bonds. The van der Waals surface area contributed by atoms with Crippen LogP contribution in [0.2, 0.25) is 0 Å². The molecule has 0 aliphatic heterocycles. The van der Waals surface area contributed by atoms with Crippen LogP contribution in [0.25, 0.3) is 0 Å². The van der Waals surface area contributed by atoms with Gasteiger partial charge in [0.1, 0.15) is 17.2 Å². The molecule has 0 fully saturated rings.